The maximum atomic E-state index is 13.4. The Morgan fingerprint density at radius 1 is 1.03 bits per heavy atom. The highest BCUT2D eigenvalue weighted by Gasteiger charge is 2.17. The number of unbranched alkanes of at least 4 members (excludes halogenated alkanes) is 1. The Morgan fingerprint density at radius 3 is 2.60 bits per heavy atom. The summed E-state index contributed by atoms with van der Waals surface area (Å²) in [6.07, 6.45) is 8.18. The monoisotopic (exact) mass is 470 g/mol. The van der Waals surface area contributed by atoms with Gasteiger partial charge in [-0.3, -0.25) is 14.1 Å². The van der Waals surface area contributed by atoms with Gasteiger partial charge in [-0.1, -0.05) is 43.7 Å². The number of hydrogen-bond acceptors (Lipinski definition) is 7. The fourth-order valence-electron chi connectivity index (χ4n) is 4.09. The van der Waals surface area contributed by atoms with E-state index < -0.39 is 0 Å². The Bertz CT molecular complexity index is 1460. The summed E-state index contributed by atoms with van der Waals surface area (Å²) in [6.45, 7) is 5.24. The summed E-state index contributed by atoms with van der Waals surface area (Å²) < 4.78 is 5.24. The van der Waals surface area contributed by atoms with Gasteiger partial charge in [0.2, 0.25) is 11.8 Å². The lowest BCUT2D eigenvalue weighted by molar-refractivity contribution is 0.660. The van der Waals surface area contributed by atoms with Crippen molar-refractivity contribution in [3.63, 3.8) is 0 Å². The molecule has 0 aliphatic heterocycles. The van der Waals surface area contributed by atoms with Crippen LogP contribution in [0.3, 0.4) is 0 Å². The van der Waals surface area contributed by atoms with Crippen LogP contribution in [0.2, 0.25) is 0 Å². The third-order valence-corrected chi connectivity index (χ3v) is 5.95. The number of imidazole rings is 1. The molecule has 0 atom stereocenters. The van der Waals surface area contributed by atoms with Gasteiger partial charge in [-0.25, -0.2) is 9.36 Å². The number of pyridine rings is 1. The molecule has 0 fully saturated rings. The first-order valence-electron chi connectivity index (χ1n) is 11.7. The largest absolute Gasteiger partial charge is 0.335 e. The first-order valence-corrected chi connectivity index (χ1v) is 11.7. The number of tetrazole rings is 1. The summed E-state index contributed by atoms with van der Waals surface area (Å²) in [6, 6.07) is 11.7. The lowest BCUT2D eigenvalue weighted by Crippen LogP contribution is -2.26. The highest BCUT2D eigenvalue weighted by Crippen LogP contribution is 2.28. The van der Waals surface area contributed by atoms with Gasteiger partial charge in [-0.2, -0.15) is 5.21 Å². The predicted molar refractivity (Wildman–Crippen MR) is 130 cm³/mol. The number of aromatic nitrogens is 10. The lowest BCUT2D eigenvalue weighted by Gasteiger charge is -2.09. The maximum Gasteiger partial charge on any atom is 0.335 e. The van der Waals surface area contributed by atoms with E-state index in [2.05, 4.69) is 42.7 Å². The molecule has 4 aromatic heterocycles. The summed E-state index contributed by atoms with van der Waals surface area (Å²) in [4.78, 5) is 18.1. The van der Waals surface area contributed by atoms with Crippen LogP contribution in [0, 0.1) is 0 Å². The highest BCUT2D eigenvalue weighted by atomic mass is 16.2. The van der Waals surface area contributed by atoms with E-state index >= 15 is 0 Å². The van der Waals surface area contributed by atoms with Crippen molar-refractivity contribution in [2.24, 2.45) is 0 Å². The van der Waals surface area contributed by atoms with Gasteiger partial charge in [-0.15, -0.1) is 20.4 Å². The quantitative estimate of drug-likeness (QED) is 0.351. The van der Waals surface area contributed by atoms with Crippen molar-refractivity contribution in [2.45, 2.75) is 46.2 Å². The number of nitrogens with zero attached hydrogens (tertiary/aromatic N) is 9. The SMILES string of the molecule is CCCCc1cn(-c2nncn2CC)c(=O)n1Cc1ccc(-c2ccccc2-c2nn[nH]n2)nc1. The Labute approximate surface area is 201 Å². The molecular weight excluding hydrogens is 444 g/mol. The minimum absolute atomic E-state index is 0.134. The van der Waals surface area contributed by atoms with Crippen LogP contribution in [0.25, 0.3) is 28.6 Å². The number of nitrogens with one attached hydrogen (secondary N) is 1. The smallest absolute Gasteiger partial charge is 0.299 e. The highest BCUT2D eigenvalue weighted by molar-refractivity contribution is 5.78. The summed E-state index contributed by atoms with van der Waals surface area (Å²) in [5.41, 5.74) is 4.31. The molecule has 0 aliphatic rings. The van der Waals surface area contributed by atoms with Crippen molar-refractivity contribution >= 4 is 0 Å². The molecule has 0 saturated heterocycles. The molecule has 1 aromatic carbocycles. The molecule has 11 heteroatoms. The molecule has 35 heavy (non-hydrogen) atoms. The second kappa shape index (κ2) is 9.84. The molecule has 0 unspecified atom stereocenters. The number of benzene rings is 1. The molecule has 0 aliphatic carbocycles. The van der Waals surface area contributed by atoms with Crippen molar-refractivity contribution in [3.05, 3.63) is 76.9 Å². The van der Waals surface area contributed by atoms with Gasteiger partial charge >= 0.3 is 5.69 Å². The maximum absolute atomic E-state index is 13.4. The first-order chi connectivity index (χ1) is 17.2. The van der Waals surface area contributed by atoms with Gasteiger partial charge in [-0.05, 0) is 36.6 Å². The molecule has 1 N–H and O–H groups in total. The Hall–Kier alpha value is -4.41. The van der Waals surface area contributed by atoms with Crippen LogP contribution in [0.15, 0.2) is 59.9 Å². The molecule has 5 aromatic rings. The van der Waals surface area contributed by atoms with Crippen LogP contribution in [0.5, 0.6) is 0 Å². The van der Waals surface area contributed by atoms with Crippen molar-refractivity contribution < 1.29 is 0 Å². The van der Waals surface area contributed by atoms with Gasteiger partial charge in [0.25, 0.3) is 0 Å². The van der Waals surface area contributed by atoms with E-state index in [4.69, 9.17) is 0 Å². The van der Waals surface area contributed by atoms with Gasteiger partial charge < -0.3 is 0 Å². The minimum atomic E-state index is -0.134. The average molecular weight is 471 g/mol. The number of aryl methyl sites for hydroxylation is 2. The van der Waals surface area contributed by atoms with Crippen LogP contribution in [-0.4, -0.2) is 49.5 Å². The number of aromatic amines is 1. The summed E-state index contributed by atoms with van der Waals surface area (Å²) in [5.74, 6) is 1.04. The Morgan fingerprint density at radius 2 is 1.89 bits per heavy atom. The topological polar surface area (TPSA) is 125 Å². The zero-order valence-electron chi connectivity index (χ0n) is 19.7. The molecule has 11 nitrogen and oxygen atoms in total. The molecule has 0 spiro atoms. The van der Waals surface area contributed by atoms with E-state index in [1.165, 1.54) is 0 Å². The van der Waals surface area contributed by atoms with E-state index in [0.717, 1.165) is 47.3 Å². The van der Waals surface area contributed by atoms with Crippen LogP contribution >= 0.6 is 0 Å². The third kappa shape index (κ3) is 4.39. The fourth-order valence-corrected chi connectivity index (χ4v) is 4.09. The van der Waals surface area contributed by atoms with E-state index in [0.29, 0.717) is 24.9 Å². The van der Waals surface area contributed by atoms with E-state index in [1.807, 2.05) is 60.3 Å². The van der Waals surface area contributed by atoms with Gasteiger partial charge in [0.1, 0.15) is 6.33 Å². The lowest BCUT2D eigenvalue weighted by atomic mass is 10.0. The van der Waals surface area contributed by atoms with Gasteiger partial charge in [0, 0.05) is 35.8 Å². The number of H-pyrrole nitrogens is 1. The molecule has 5 rings (SSSR count). The summed E-state index contributed by atoms with van der Waals surface area (Å²) >= 11 is 0. The van der Waals surface area contributed by atoms with E-state index in [1.54, 1.807) is 15.5 Å². The van der Waals surface area contributed by atoms with Crippen LogP contribution < -0.4 is 5.69 Å². The van der Waals surface area contributed by atoms with Crippen LogP contribution in [0.1, 0.15) is 37.9 Å². The zero-order chi connectivity index (χ0) is 24.2. The number of rotatable bonds is 9. The predicted octanol–water partition coefficient (Wildman–Crippen LogP) is 2.88. The molecule has 178 valence electrons. The molecule has 0 amide bonds. The van der Waals surface area contributed by atoms with Crippen molar-refractivity contribution in [1.82, 2.24) is 49.5 Å². The van der Waals surface area contributed by atoms with Gasteiger partial charge in [0.05, 0.1) is 12.2 Å². The molecule has 0 radical (unpaired) electrons. The van der Waals surface area contributed by atoms with E-state index in [9.17, 15) is 4.79 Å². The second-order valence-corrected chi connectivity index (χ2v) is 8.21. The zero-order valence-corrected chi connectivity index (χ0v) is 19.7. The summed E-state index contributed by atoms with van der Waals surface area (Å²) in [5, 5.41) is 22.5. The van der Waals surface area contributed by atoms with E-state index in [-0.39, 0.29) is 5.69 Å². The van der Waals surface area contributed by atoms with Crippen molar-refractivity contribution in [1.29, 1.82) is 0 Å². The fraction of sp³-hybridized carbons (Fsp3) is 0.292. The average Bonchev–Trinajstić information content (AvgIpc) is 3.65. The van der Waals surface area contributed by atoms with Crippen LogP contribution in [-0.2, 0) is 19.5 Å². The van der Waals surface area contributed by atoms with Crippen molar-refractivity contribution in [3.8, 4) is 28.6 Å². The van der Waals surface area contributed by atoms with Gasteiger partial charge in [0.15, 0.2) is 0 Å². The summed E-state index contributed by atoms with van der Waals surface area (Å²) in [7, 11) is 0. The van der Waals surface area contributed by atoms with Crippen molar-refractivity contribution in [2.75, 3.05) is 0 Å². The molecule has 0 bridgehead atoms. The third-order valence-electron chi connectivity index (χ3n) is 5.95. The molecule has 4 heterocycles. The second-order valence-electron chi connectivity index (χ2n) is 8.21. The minimum Gasteiger partial charge on any atom is -0.299 e. The molecule has 0 saturated carbocycles. The first kappa shape index (κ1) is 22.4. The standard InChI is InChI=1S/C24H26N10O/c1-3-5-8-18-15-34(23-29-26-16-32(23)4-2)24(35)33(18)14-17-11-12-21(25-13-17)19-9-6-7-10-20(19)22-27-30-31-28-22/h6-7,9-13,15-16H,3-5,8,14H2,1-2H3,(H,27,28,30,31). The Kier molecular flexibility index (Phi) is 6.29. The van der Waals surface area contributed by atoms with Crippen LogP contribution in [0.4, 0.5) is 0 Å². The Balaban J connectivity index is 1.47. The normalized spacial score (nSPS) is 11.3. The molecular formula is C24H26N10O. The number of hydrogen-bond donors (Lipinski definition) is 1.